The van der Waals surface area contributed by atoms with Gasteiger partial charge >= 0.3 is 0 Å². The predicted molar refractivity (Wildman–Crippen MR) is 121 cm³/mol. The van der Waals surface area contributed by atoms with Gasteiger partial charge in [-0.15, -0.1) is 10.2 Å². The van der Waals surface area contributed by atoms with Crippen molar-refractivity contribution in [1.82, 2.24) is 20.2 Å². The second-order valence-electron chi connectivity index (χ2n) is 6.12. The number of para-hydroxylation sites is 1. The number of nitrogens with zero attached hydrogens (tertiary/aromatic N) is 4. The van der Waals surface area contributed by atoms with Crippen molar-refractivity contribution in [3.8, 4) is 17.1 Å². The van der Waals surface area contributed by atoms with Crippen molar-refractivity contribution in [2.75, 3.05) is 12.9 Å². The van der Waals surface area contributed by atoms with Gasteiger partial charge in [-0.25, -0.2) is 5.43 Å². The van der Waals surface area contributed by atoms with E-state index in [9.17, 15) is 4.79 Å². The first kappa shape index (κ1) is 21.3. The minimum absolute atomic E-state index is 0.195. The number of hydrazone groups is 1. The van der Waals surface area contributed by atoms with E-state index in [2.05, 4.69) is 20.7 Å². The van der Waals surface area contributed by atoms with Gasteiger partial charge in [0, 0.05) is 23.9 Å². The standard InChI is InChI=1S/C22H23N5O2S/c1-3-27-21(18-11-5-4-6-12-18)25-26-22(27)30-16-20(28)24-23-15-9-13-17-10-7-8-14-19(17)29-2/h4-15H,3,16H2,1-2H3,(H,24,28). The van der Waals surface area contributed by atoms with Crippen molar-refractivity contribution in [3.05, 3.63) is 66.2 Å². The third-order valence-electron chi connectivity index (χ3n) is 4.16. The van der Waals surface area contributed by atoms with Crippen LogP contribution in [0.5, 0.6) is 5.75 Å². The number of benzene rings is 2. The second kappa shape index (κ2) is 11.0. The maximum absolute atomic E-state index is 12.1. The molecule has 3 aromatic rings. The molecule has 0 fully saturated rings. The lowest BCUT2D eigenvalue weighted by atomic mass is 10.2. The van der Waals surface area contributed by atoms with Crippen LogP contribution in [0.3, 0.4) is 0 Å². The largest absolute Gasteiger partial charge is 0.496 e. The number of amides is 1. The van der Waals surface area contributed by atoms with Crippen LogP contribution in [0.4, 0.5) is 0 Å². The molecule has 0 saturated carbocycles. The molecular weight excluding hydrogens is 398 g/mol. The van der Waals surface area contributed by atoms with E-state index in [4.69, 9.17) is 4.74 Å². The van der Waals surface area contributed by atoms with E-state index in [0.29, 0.717) is 11.7 Å². The zero-order chi connectivity index (χ0) is 21.2. The molecule has 0 spiro atoms. The lowest BCUT2D eigenvalue weighted by Gasteiger charge is -2.06. The predicted octanol–water partition coefficient (Wildman–Crippen LogP) is 3.88. The third-order valence-corrected chi connectivity index (χ3v) is 5.13. The van der Waals surface area contributed by atoms with Crippen LogP contribution in [0.25, 0.3) is 17.5 Å². The smallest absolute Gasteiger partial charge is 0.250 e. The molecule has 0 unspecified atom stereocenters. The van der Waals surface area contributed by atoms with E-state index in [1.54, 1.807) is 13.2 Å². The molecule has 0 aliphatic rings. The van der Waals surface area contributed by atoms with Gasteiger partial charge in [-0.05, 0) is 25.1 Å². The molecule has 154 valence electrons. The molecule has 2 aromatic carbocycles. The number of allylic oxidation sites excluding steroid dienone is 1. The van der Waals surface area contributed by atoms with Crippen LogP contribution >= 0.6 is 11.8 Å². The average Bonchev–Trinajstić information content (AvgIpc) is 3.21. The van der Waals surface area contributed by atoms with Gasteiger partial charge in [0.25, 0.3) is 5.91 Å². The topological polar surface area (TPSA) is 81.4 Å². The summed E-state index contributed by atoms with van der Waals surface area (Å²) in [4.78, 5) is 12.1. The highest BCUT2D eigenvalue weighted by molar-refractivity contribution is 7.99. The molecule has 7 nitrogen and oxygen atoms in total. The van der Waals surface area contributed by atoms with Crippen LogP contribution in [0.2, 0.25) is 0 Å². The van der Waals surface area contributed by atoms with Crippen LogP contribution < -0.4 is 10.2 Å². The molecule has 1 heterocycles. The quantitative estimate of drug-likeness (QED) is 0.322. The highest BCUT2D eigenvalue weighted by Crippen LogP contribution is 2.23. The Morgan fingerprint density at radius 3 is 2.70 bits per heavy atom. The van der Waals surface area contributed by atoms with Crippen molar-refractivity contribution in [2.24, 2.45) is 5.10 Å². The van der Waals surface area contributed by atoms with Crippen LogP contribution in [0.15, 0.2) is 70.9 Å². The zero-order valence-corrected chi connectivity index (χ0v) is 17.7. The minimum Gasteiger partial charge on any atom is -0.496 e. The number of nitrogens with one attached hydrogen (secondary N) is 1. The molecule has 0 aliphatic carbocycles. The fourth-order valence-electron chi connectivity index (χ4n) is 2.75. The number of hydrogen-bond acceptors (Lipinski definition) is 6. The summed E-state index contributed by atoms with van der Waals surface area (Å²) < 4.78 is 7.27. The maximum atomic E-state index is 12.1. The monoisotopic (exact) mass is 421 g/mol. The van der Waals surface area contributed by atoms with Crippen molar-refractivity contribution >= 4 is 30.0 Å². The number of ether oxygens (including phenoxy) is 1. The number of carbonyl (C=O) groups is 1. The number of carbonyl (C=O) groups excluding carboxylic acids is 1. The molecule has 0 saturated heterocycles. The molecule has 0 bridgehead atoms. The summed E-state index contributed by atoms with van der Waals surface area (Å²) in [6.07, 6.45) is 5.13. The van der Waals surface area contributed by atoms with E-state index < -0.39 is 0 Å². The molecule has 30 heavy (non-hydrogen) atoms. The third kappa shape index (κ3) is 5.57. The van der Waals surface area contributed by atoms with Gasteiger partial charge < -0.3 is 9.30 Å². The Morgan fingerprint density at radius 1 is 1.17 bits per heavy atom. The van der Waals surface area contributed by atoms with Gasteiger partial charge in [-0.1, -0.05) is 60.3 Å². The number of thioether (sulfide) groups is 1. The van der Waals surface area contributed by atoms with Gasteiger partial charge in [-0.2, -0.15) is 5.10 Å². The normalized spacial score (nSPS) is 11.3. The van der Waals surface area contributed by atoms with E-state index in [1.165, 1.54) is 18.0 Å². The summed E-state index contributed by atoms with van der Waals surface area (Å²) in [7, 11) is 1.63. The Hall–Kier alpha value is -3.39. The molecule has 8 heteroatoms. The Labute approximate surface area is 179 Å². The Kier molecular flexibility index (Phi) is 7.79. The fraction of sp³-hybridized carbons (Fsp3) is 0.182. The lowest BCUT2D eigenvalue weighted by molar-refractivity contribution is -0.118. The summed E-state index contributed by atoms with van der Waals surface area (Å²) >= 11 is 1.33. The van der Waals surface area contributed by atoms with Gasteiger partial charge in [0.1, 0.15) is 5.75 Å². The van der Waals surface area contributed by atoms with Gasteiger partial charge in [0.2, 0.25) is 0 Å². The van der Waals surface area contributed by atoms with Crippen molar-refractivity contribution in [1.29, 1.82) is 0 Å². The highest BCUT2D eigenvalue weighted by atomic mass is 32.2. The van der Waals surface area contributed by atoms with E-state index in [-0.39, 0.29) is 11.7 Å². The summed E-state index contributed by atoms with van der Waals surface area (Å²) in [6, 6.07) is 17.5. The molecule has 1 N–H and O–H groups in total. The summed E-state index contributed by atoms with van der Waals surface area (Å²) in [5.41, 5.74) is 4.44. The van der Waals surface area contributed by atoms with E-state index in [0.717, 1.165) is 22.7 Å². The van der Waals surface area contributed by atoms with E-state index >= 15 is 0 Å². The van der Waals surface area contributed by atoms with Crippen LogP contribution in [0, 0.1) is 0 Å². The van der Waals surface area contributed by atoms with Crippen molar-refractivity contribution in [3.63, 3.8) is 0 Å². The maximum Gasteiger partial charge on any atom is 0.250 e. The fourth-order valence-corrected chi connectivity index (χ4v) is 3.54. The Balaban J connectivity index is 1.52. The molecule has 1 aromatic heterocycles. The lowest BCUT2D eigenvalue weighted by Crippen LogP contribution is -2.19. The summed E-state index contributed by atoms with van der Waals surface area (Å²) in [5.74, 6) is 1.55. The number of rotatable bonds is 9. The molecule has 0 atom stereocenters. The first-order valence-corrected chi connectivity index (χ1v) is 10.4. The van der Waals surface area contributed by atoms with Gasteiger partial charge in [0.05, 0.1) is 12.9 Å². The first-order valence-electron chi connectivity index (χ1n) is 9.46. The van der Waals surface area contributed by atoms with Gasteiger partial charge in [-0.3, -0.25) is 4.79 Å². The van der Waals surface area contributed by atoms with Crippen LogP contribution in [-0.2, 0) is 11.3 Å². The second-order valence-corrected chi connectivity index (χ2v) is 7.06. The minimum atomic E-state index is -0.214. The Morgan fingerprint density at radius 2 is 1.93 bits per heavy atom. The average molecular weight is 422 g/mol. The van der Waals surface area contributed by atoms with E-state index in [1.807, 2.05) is 72.2 Å². The molecular formula is C22H23N5O2S. The SMILES string of the molecule is CCn1c(SCC(=O)NN=CC=Cc2ccccc2OC)nnc1-c1ccccc1. The number of hydrogen-bond donors (Lipinski definition) is 1. The Bertz CT molecular complexity index is 1030. The number of aromatic nitrogens is 3. The van der Waals surface area contributed by atoms with Crippen molar-refractivity contribution in [2.45, 2.75) is 18.6 Å². The molecule has 1 amide bonds. The summed E-state index contributed by atoms with van der Waals surface area (Å²) in [5, 5.41) is 13.1. The summed E-state index contributed by atoms with van der Waals surface area (Å²) in [6.45, 7) is 2.74. The molecule has 0 radical (unpaired) electrons. The first-order chi connectivity index (χ1) is 14.7. The zero-order valence-electron chi connectivity index (χ0n) is 16.9. The number of methoxy groups -OCH3 is 1. The molecule has 0 aliphatic heterocycles. The highest BCUT2D eigenvalue weighted by Gasteiger charge is 2.14. The van der Waals surface area contributed by atoms with Crippen molar-refractivity contribution < 1.29 is 9.53 Å². The molecule has 3 rings (SSSR count). The van der Waals surface area contributed by atoms with Gasteiger partial charge in [0.15, 0.2) is 11.0 Å². The van der Waals surface area contributed by atoms with Crippen LogP contribution in [-0.4, -0.2) is 39.7 Å². The van der Waals surface area contributed by atoms with Crippen LogP contribution in [0.1, 0.15) is 12.5 Å².